The Morgan fingerprint density at radius 3 is 2.96 bits per heavy atom. The minimum absolute atomic E-state index is 0.0227. The molecule has 1 aromatic carbocycles. The number of hydrogen-bond acceptors (Lipinski definition) is 6. The van der Waals surface area contributed by atoms with Gasteiger partial charge in [0.1, 0.15) is 11.4 Å². The van der Waals surface area contributed by atoms with Crippen molar-refractivity contribution in [1.82, 2.24) is 25.5 Å². The number of carbonyl (C=O) groups is 1. The number of aromatic nitrogens is 4. The Hall–Kier alpha value is -2.09. The molecule has 1 N–H and O–H groups in total. The highest BCUT2D eigenvalue weighted by Crippen LogP contribution is 2.25. The number of tetrazole rings is 1. The van der Waals surface area contributed by atoms with Crippen LogP contribution in [0.2, 0.25) is 0 Å². The van der Waals surface area contributed by atoms with Crippen LogP contribution in [-0.2, 0) is 4.79 Å². The Morgan fingerprint density at radius 2 is 2.22 bits per heavy atom. The normalized spacial score (nSPS) is 12.0. The van der Waals surface area contributed by atoms with Gasteiger partial charge < -0.3 is 10.1 Å². The summed E-state index contributed by atoms with van der Waals surface area (Å²) in [6, 6.07) is 7.64. The van der Waals surface area contributed by atoms with Gasteiger partial charge in [-0.15, -0.1) is 5.10 Å². The average molecular weight is 335 g/mol. The summed E-state index contributed by atoms with van der Waals surface area (Å²) < 4.78 is 6.90. The van der Waals surface area contributed by atoms with Crippen molar-refractivity contribution in [3.8, 4) is 11.4 Å². The third-order valence-electron chi connectivity index (χ3n) is 3.22. The number of ether oxygens (including phenoxy) is 1. The first kappa shape index (κ1) is 17.3. The maximum atomic E-state index is 12.0. The fourth-order valence-corrected chi connectivity index (χ4v) is 2.87. The van der Waals surface area contributed by atoms with E-state index in [1.165, 1.54) is 11.8 Å². The van der Waals surface area contributed by atoms with Gasteiger partial charge in [0.15, 0.2) is 0 Å². The van der Waals surface area contributed by atoms with E-state index in [0.29, 0.717) is 10.9 Å². The van der Waals surface area contributed by atoms with Crippen LogP contribution in [0.4, 0.5) is 0 Å². The summed E-state index contributed by atoms with van der Waals surface area (Å²) in [7, 11) is 1.60. The standard InChI is InChI=1S/C15H21N5O2S/c1-4-7-11(2)16-14(21)10-23-15-17-18-19-20(15)12-8-5-6-9-13(12)22-3/h5-6,8-9,11H,4,7,10H2,1-3H3,(H,16,21). The van der Waals surface area contributed by atoms with Crippen LogP contribution in [-0.4, -0.2) is 45.0 Å². The average Bonchev–Trinajstić information content (AvgIpc) is 3.01. The van der Waals surface area contributed by atoms with Crippen molar-refractivity contribution in [1.29, 1.82) is 0 Å². The van der Waals surface area contributed by atoms with Gasteiger partial charge in [-0.3, -0.25) is 4.79 Å². The van der Waals surface area contributed by atoms with Crippen molar-refractivity contribution < 1.29 is 9.53 Å². The van der Waals surface area contributed by atoms with Crippen molar-refractivity contribution >= 4 is 17.7 Å². The highest BCUT2D eigenvalue weighted by molar-refractivity contribution is 7.99. The Bertz CT molecular complexity index is 646. The van der Waals surface area contributed by atoms with Gasteiger partial charge in [0.25, 0.3) is 0 Å². The maximum absolute atomic E-state index is 12.0. The van der Waals surface area contributed by atoms with Crippen LogP contribution in [0.25, 0.3) is 5.69 Å². The monoisotopic (exact) mass is 335 g/mol. The van der Waals surface area contributed by atoms with E-state index in [9.17, 15) is 4.79 Å². The fourth-order valence-electron chi connectivity index (χ4n) is 2.18. The lowest BCUT2D eigenvalue weighted by molar-refractivity contribution is -0.119. The molecular weight excluding hydrogens is 314 g/mol. The molecule has 0 spiro atoms. The third-order valence-corrected chi connectivity index (χ3v) is 4.14. The summed E-state index contributed by atoms with van der Waals surface area (Å²) in [5.74, 6) is 0.914. The van der Waals surface area contributed by atoms with E-state index in [2.05, 4.69) is 27.8 Å². The number of nitrogens with one attached hydrogen (secondary N) is 1. The number of benzene rings is 1. The van der Waals surface area contributed by atoms with Crippen LogP contribution in [0, 0.1) is 0 Å². The van der Waals surface area contributed by atoms with Gasteiger partial charge in [-0.2, -0.15) is 4.68 Å². The van der Waals surface area contributed by atoms with Crippen LogP contribution in [0.5, 0.6) is 5.75 Å². The first-order valence-electron chi connectivity index (χ1n) is 7.49. The predicted molar refractivity (Wildman–Crippen MR) is 88.9 cm³/mol. The number of nitrogens with zero attached hydrogens (tertiary/aromatic N) is 4. The second-order valence-electron chi connectivity index (χ2n) is 5.09. The van der Waals surface area contributed by atoms with Crippen molar-refractivity contribution in [3.63, 3.8) is 0 Å². The molecule has 2 rings (SSSR count). The number of thioether (sulfide) groups is 1. The van der Waals surface area contributed by atoms with Crippen molar-refractivity contribution in [2.45, 2.75) is 37.9 Å². The number of amides is 1. The van der Waals surface area contributed by atoms with Gasteiger partial charge in [-0.25, -0.2) is 0 Å². The summed E-state index contributed by atoms with van der Waals surface area (Å²) in [4.78, 5) is 12.0. The molecule has 124 valence electrons. The van der Waals surface area contributed by atoms with Gasteiger partial charge in [0.2, 0.25) is 11.1 Å². The molecule has 0 aliphatic rings. The number of carbonyl (C=O) groups excluding carboxylic acids is 1. The molecule has 1 unspecified atom stereocenters. The van der Waals surface area contributed by atoms with E-state index < -0.39 is 0 Å². The molecule has 0 fully saturated rings. The van der Waals surface area contributed by atoms with Gasteiger partial charge in [-0.05, 0) is 35.9 Å². The second-order valence-corrected chi connectivity index (χ2v) is 6.03. The Labute approximate surface area is 139 Å². The molecule has 1 amide bonds. The molecule has 23 heavy (non-hydrogen) atoms. The highest BCUT2D eigenvalue weighted by Gasteiger charge is 2.15. The van der Waals surface area contributed by atoms with Crippen molar-refractivity contribution in [2.24, 2.45) is 0 Å². The van der Waals surface area contributed by atoms with Gasteiger partial charge >= 0.3 is 0 Å². The largest absolute Gasteiger partial charge is 0.494 e. The van der Waals surface area contributed by atoms with Crippen LogP contribution in [0.3, 0.4) is 0 Å². The lowest BCUT2D eigenvalue weighted by Gasteiger charge is -2.12. The zero-order valence-electron chi connectivity index (χ0n) is 13.5. The highest BCUT2D eigenvalue weighted by atomic mass is 32.2. The van der Waals surface area contributed by atoms with Gasteiger partial charge in [0, 0.05) is 6.04 Å². The van der Waals surface area contributed by atoms with E-state index in [1.54, 1.807) is 11.8 Å². The molecule has 8 heteroatoms. The van der Waals surface area contributed by atoms with Gasteiger partial charge in [-0.1, -0.05) is 37.2 Å². The van der Waals surface area contributed by atoms with Crippen molar-refractivity contribution in [3.05, 3.63) is 24.3 Å². The molecule has 0 saturated carbocycles. The fraction of sp³-hybridized carbons (Fsp3) is 0.467. The number of para-hydroxylation sites is 2. The first-order valence-corrected chi connectivity index (χ1v) is 8.48. The smallest absolute Gasteiger partial charge is 0.230 e. The molecule has 7 nitrogen and oxygen atoms in total. The molecule has 0 bridgehead atoms. The molecule has 1 atom stereocenters. The molecule has 0 saturated heterocycles. The number of rotatable bonds is 8. The van der Waals surface area contributed by atoms with Crippen LogP contribution >= 0.6 is 11.8 Å². The zero-order valence-corrected chi connectivity index (χ0v) is 14.3. The van der Waals surface area contributed by atoms with E-state index in [4.69, 9.17) is 4.74 Å². The molecule has 1 aromatic heterocycles. The topological polar surface area (TPSA) is 81.9 Å². The van der Waals surface area contributed by atoms with E-state index in [-0.39, 0.29) is 17.7 Å². The second kappa shape index (κ2) is 8.52. The maximum Gasteiger partial charge on any atom is 0.230 e. The minimum Gasteiger partial charge on any atom is -0.494 e. The summed E-state index contributed by atoms with van der Waals surface area (Å²) in [6.45, 7) is 4.10. The van der Waals surface area contributed by atoms with E-state index >= 15 is 0 Å². The summed E-state index contributed by atoms with van der Waals surface area (Å²) in [5, 5.41) is 15.2. The quantitative estimate of drug-likeness (QED) is 0.744. The molecule has 1 heterocycles. The predicted octanol–water partition coefficient (Wildman–Crippen LogP) is 2.07. The van der Waals surface area contributed by atoms with Gasteiger partial charge in [0.05, 0.1) is 12.9 Å². The summed E-state index contributed by atoms with van der Waals surface area (Å²) in [6.07, 6.45) is 2.01. The van der Waals surface area contributed by atoms with E-state index in [0.717, 1.165) is 18.5 Å². The zero-order chi connectivity index (χ0) is 16.7. The number of hydrogen-bond donors (Lipinski definition) is 1. The Kier molecular flexibility index (Phi) is 6.40. The first-order chi connectivity index (χ1) is 11.2. The summed E-state index contributed by atoms with van der Waals surface area (Å²) >= 11 is 1.30. The third kappa shape index (κ3) is 4.69. The summed E-state index contributed by atoms with van der Waals surface area (Å²) in [5.41, 5.74) is 0.738. The number of methoxy groups -OCH3 is 1. The molecule has 0 aliphatic carbocycles. The van der Waals surface area contributed by atoms with Crippen LogP contribution < -0.4 is 10.1 Å². The lowest BCUT2D eigenvalue weighted by Crippen LogP contribution is -2.33. The van der Waals surface area contributed by atoms with Crippen molar-refractivity contribution in [2.75, 3.05) is 12.9 Å². The van der Waals surface area contributed by atoms with E-state index in [1.807, 2.05) is 31.2 Å². The molecule has 2 aromatic rings. The Balaban J connectivity index is 2.03. The minimum atomic E-state index is -0.0227. The molecule has 0 aliphatic heterocycles. The lowest BCUT2D eigenvalue weighted by atomic mass is 10.2. The Morgan fingerprint density at radius 1 is 1.43 bits per heavy atom. The van der Waals surface area contributed by atoms with Crippen LogP contribution in [0.15, 0.2) is 29.4 Å². The molecular formula is C15H21N5O2S. The SMILES string of the molecule is CCCC(C)NC(=O)CSc1nnnn1-c1ccccc1OC. The van der Waals surface area contributed by atoms with Crippen LogP contribution in [0.1, 0.15) is 26.7 Å². The molecule has 0 radical (unpaired) electrons.